The van der Waals surface area contributed by atoms with Crippen LogP contribution in [0.15, 0.2) is 17.7 Å². The summed E-state index contributed by atoms with van der Waals surface area (Å²) in [6.45, 7) is 2.42. The zero-order chi connectivity index (χ0) is 26.5. The fourth-order valence-corrected chi connectivity index (χ4v) is 7.54. The maximum atomic E-state index is 12.5. The first-order valence-electron chi connectivity index (χ1n) is 13.7. The number of nitrogens with one attached hydrogen (secondary N) is 3. The fraction of sp³-hybridized carbons (Fsp3) is 0.571. The molecule has 1 aromatic carbocycles. The van der Waals surface area contributed by atoms with E-state index in [2.05, 4.69) is 33.0 Å². The Morgan fingerprint density at radius 2 is 1.95 bits per heavy atom. The minimum Gasteiger partial charge on any atom is -0.460 e. The molecule has 4 aliphatic rings. The Balaban J connectivity index is 1.02. The van der Waals surface area contributed by atoms with Crippen LogP contribution in [-0.2, 0) is 27.2 Å². The summed E-state index contributed by atoms with van der Waals surface area (Å²) in [6.07, 6.45) is 8.94. The number of rotatable bonds is 10. The molecule has 2 fully saturated rings. The van der Waals surface area contributed by atoms with E-state index in [9.17, 15) is 19.6 Å². The van der Waals surface area contributed by atoms with Gasteiger partial charge in [0.15, 0.2) is 0 Å². The first-order chi connectivity index (χ1) is 18.5. The summed E-state index contributed by atoms with van der Waals surface area (Å²) in [6, 6.07) is 6.48. The lowest BCUT2D eigenvalue weighted by molar-refractivity contribution is -0.138. The van der Waals surface area contributed by atoms with Crippen molar-refractivity contribution < 1.29 is 19.1 Å². The molecule has 4 heterocycles. The second kappa shape index (κ2) is 12.1. The van der Waals surface area contributed by atoms with Gasteiger partial charge in [0.2, 0.25) is 5.91 Å². The number of urea groups is 1. The van der Waals surface area contributed by atoms with E-state index in [1.165, 1.54) is 16.8 Å². The molecule has 0 aliphatic carbocycles. The van der Waals surface area contributed by atoms with Crippen molar-refractivity contribution in [1.82, 2.24) is 16.0 Å². The van der Waals surface area contributed by atoms with Crippen LogP contribution in [0.3, 0.4) is 0 Å². The summed E-state index contributed by atoms with van der Waals surface area (Å²) in [5.41, 5.74) is 4.76. The number of esters is 1. The lowest BCUT2D eigenvalue weighted by Gasteiger charge is -2.37. The molecule has 3 unspecified atom stereocenters. The van der Waals surface area contributed by atoms with Gasteiger partial charge in [-0.25, -0.2) is 9.59 Å². The van der Waals surface area contributed by atoms with E-state index in [1.807, 2.05) is 17.8 Å². The highest BCUT2D eigenvalue weighted by Crippen LogP contribution is 2.36. The van der Waals surface area contributed by atoms with E-state index in [0.717, 1.165) is 69.4 Å². The lowest BCUT2D eigenvalue weighted by atomic mass is 9.90. The largest absolute Gasteiger partial charge is 0.460 e. The molecule has 38 heavy (non-hydrogen) atoms. The van der Waals surface area contributed by atoms with Gasteiger partial charge < -0.3 is 25.6 Å². The molecule has 9 nitrogen and oxygen atoms in total. The first-order valence-corrected chi connectivity index (χ1v) is 14.7. The monoisotopic (exact) mass is 537 g/mol. The number of aryl methyl sites for hydroxylation is 2. The summed E-state index contributed by atoms with van der Waals surface area (Å²) in [7, 11) is 0. The van der Waals surface area contributed by atoms with Crippen LogP contribution in [-0.4, -0.2) is 67.2 Å². The summed E-state index contributed by atoms with van der Waals surface area (Å²) in [4.78, 5) is 38.6. The normalized spacial score (nSPS) is 23.6. The standard InChI is InChI=1S/C28H35N5O4S/c29-16-21(15-18-13-19-5-3-10-33-11-4-6-20(14-18)26(19)33)27(35)37-12-9-30-24(34)8-2-1-7-23-25-22(17-38-23)31-28(36)32-25/h13-15,22-23,25H,1-12,17H2,(H,30,34)(H2,31,32,36). The van der Waals surface area contributed by atoms with Crippen LogP contribution in [0.2, 0.25) is 0 Å². The van der Waals surface area contributed by atoms with Crippen molar-refractivity contribution in [2.24, 2.45) is 0 Å². The molecule has 202 valence electrons. The van der Waals surface area contributed by atoms with Gasteiger partial charge in [-0.3, -0.25) is 4.79 Å². The van der Waals surface area contributed by atoms with Gasteiger partial charge in [0.25, 0.3) is 0 Å². The van der Waals surface area contributed by atoms with Crippen LogP contribution in [0.1, 0.15) is 55.2 Å². The molecule has 0 aromatic heterocycles. The van der Waals surface area contributed by atoms with Crippen molar-refractivity contribution in [1.29, 1.82) is 5.26 Å². The molecule has 4 aliphatic heterocycles. The van der Waals surface area contributed by atoms with Gasteiger partial charge in [-0.2, -0.15) is 17.0 Å². The zero-order valence-corrected chi connectivity index (χ0v) is 22.4. The minimum absolute atomic E-state index is 0.0163. The quantitative estimate of drug-likeness (QED) is 0.138. The number of carbonyl (C=O) groups is 3. The van der Waals surface area contributed by atoms with Crippen molar-refractivity contribution >= 4 is 41.4 Å². The van der Waals surface area contributed by atoms with E-state index in [-0.39, 0.29) is 42.7 Å². The van der Waals surface area contributed by atoms with Crippen LogP contribution in [0.4, 0.5) is 10.5 Å². The zero-order valence-electron chi connectivity index (χ0n) is 21.6. The van der Waals surface area contributed by atoms with E-state index in [0.29, 0.717) is 11.7 Å². The average Bonchev–Trinajstić information content (AvgIpc) is 3.47. The van der Waals surface area contributed by atoms with Crippen LogP contribution >= 0.6 is 11.8 Å². The Hall–Kier alpha value is -3.19. The molecule has 0 radical (unpaired) electrons. The molecule has 3 amide bonds. The molecule has 2 saturated heterocycles. The highest BCUT2D eigenvalue weighted by Gasteiger charge is 2.42. The summed E-state index contributed by atoms with van der Waals surface area (Å²) >= 11 is 1.87. The van der Waals surface area contributed by atoms with Gasteiger partial charge in [0, 0.05) is 36.2 Å². The Morgan fingerprint density at radius 1 is 1.18 bits per heavy atom. The molecule has 0 spiro atoms. The third-order valence-corrected chi connectivity index (χ3v) is 9.25. The Morgan fingerprint density at radius 3 is 2.68 bits per heavy atom. The predicted octanol–water partition coefficient (Wildman–Crippen LogP) is 2.68. The van der Waals surface area contributed by atoms with Gasteiger partial charge >= 0.3 is 12.0 Å². The second-order valence-corrected chi connectivity index (χ2v) is 11.7. The summed E-state index contributed by atoms with van der Waals surface area (Å²) in [5, 5.41) is 18.7. The maximum Gasteiger partial charge on any atom is 0.348 e. The van der Waals surface area contributed by atoms with Crippen molar-refractivity contribution in [3.63, 3.8) is 0 Å². The van der Waals surface area contributed by atoms with E-state index in [4.69, 9.17) is 4.74 Å². The number of hydrogen-bond donors (Lipinski definition) is 3. The molecule has 0 bridgehead atoms. The first kappa shape index (κ1) is 26.4. The SMILES string of the molecule is N#CC(=Cc1cc2c3c(c1)CCCN3CCC2)C(=O)OCCNC(=O)CCCCC1SCC2NC(=O)NC21. The third-order valence-electron chi connectivity index (χ3n) is 7.74. The highest BCUT2D eigenvalue weighted by molar-refractivity contribution is 8.00. The van der Waals surface area contributed by atoms with Crippen molar-refractivity contribution in [3.05, 3.63) is 34.4 Å². The molecule has 0 saturated carbocycles. The maximum absolute atomic E-state index is 12.5. The van der Waals surface area contributed by atoms with Gasteiger partial charge in [-0.15, -0.1) is 0 Å². The average molecular weight is 538 g/mol. The minimum atomic E-state index is -0.671. The molecular formula is C28H35N5O4S. The van der Waals surface area contributed by atoms with Gasteiger partial charge in [-0.05, 0) is 73.4 Å². The fourth-order valence-electron chi connectivity index (χ4n) is 5.99. The highest BCUT2D eigenvalue weighted by atomic mass is 32.2. The van der Waals surface area contributed by atoms with E-state index >= 15 is 0 Å². The van der Waals surface area contributed by atoms with Gasteiger partial charge in [0.1, 0.15) is 18.2 Å². The molecular weight excluding hydrogens is 502 g/mol. The van der Waals surface area contributed by atoms with Crippen LogP contribution < -0.4 is 20.9 Å². The second-order valence-electron chi connectivity index (χ2n) is 10.4. The Kier molecular flexibility index (Phi) is 8.42. The predicted molar refractivity (Wildman–Crippen MR) is 147 cm³/mol. The molecule has 3 N–H and O–H groups in total. The van der Waals surface area contributed by atoms with E-state index < -0.39 is 5.97 Å². The molecule has 3 atom stereocenters. The van der Waals surface area contributed by atoms with Crippen molar-refractivity contribution in [2.45, 2.75) is 68.7 Å². The number of anilines is 1. The van der Waals surface area contributed by atoms with Crippen LogP contribution in [0, 0.1) is 11.3 Å². The topological polar surface area (TPSA) is 124 Å². The number of hydrogen-bond acceptors (Lipinski definition) is 7. The molecule has 10 heteroatoms. The number of benzene rings is 1. The number of unbranched alkanes of at least 4 members (excludes halogenated alkanes) is 1. The number of amides is 3. The molecule has 1 aromatic rings. The number of ether oxygens (including phenoxy) is 1. The van der Waals surface area contributed by atoms with Crippen molar-refractivity contribution in [2.75, 3.05) is 36.9 Å². The smallest absolute Gasteiger partial charge is 0.348 e. The number of nitriles is 1. The Labute approximate surface area is 227 Å². The number of fused-ring (bicyclic) bond motifs is 1. The molecule has 5 rings (SSSR count). The van der Waals surface area contributed by atoms with Crippen molar-refractivity contribution in [3.8, 4) is 6.07 Å². The van der Waals surface area contributed by atoms with E-state index in [1.54, 1.807) is 6.08 Å². The number of nitrogens with zero attached hydrogens (tertiary/aromatic N) is 2. The number of carbonyl (C=O) groups excluding carboxylic acids is 3. The number of thioether (sulfide) groups is 1. The third kappa shape index (κ3) is 6.09. The Bertz CT molecular complexity index is 1130. The van der Waals surface area contributed by atoms with Crippen LogP contribution in [0.5, 0.6) is 0 Å². The summed E-state index contributed by atoms with van der Waals surface area (Å²) < 4.78 is 5.26. The van der Waals surface area contributed by atoms with Crippen LogP contribution in [0.25, 0.3) is 6.08 Å². The van der Waals surface area contributed by atoms with Gasteiger partial charge in [-0.1, -0.05) is 6.42 Å². The van der Waals surface area contributed by atoms with Gasteiger partial charge in [0.05, 0.1) is 18.6 Å². The summed E-state index contributed by atoms with van der Waals surface area (Å²) in [5.74, 6) is 0.181. The lowest BCUT2D eigenvalue weighted by Crippen LogP contribution is -2.36.